The number of phenols is 1. The third-order valence-corrected chi connectivity index (χ3v) is 5.73. The Bertz CT molecular complexity index is 1090. The van der Waals surface area contributed by atoms with Crippen molar-refractivity contribution in [2.45, 2.75) is 13.5 Å². The molecule has 30 heavy (non-hydrogen) atoms. The fraction of sp³-hybridized carbons (Fsp3) is 0.158. The van der Waals surface area contributed by atoms with E-state index >= 15 is 0 Å². The highest BCUT2D eigenvalue weighted by Gasteiger charge is 2.35. The molecule has 0 aromatic heterocycles. The number of hydrogen-bond donors (Lipinski definition) is 1. The van der Waals surface area contributed by atoms with Gasteiger partial charge < -0.3 is 9.84 Å². The highest BCUT2D eigenvalue weighted by molar-refractivity contribution is 8.18. The number of phenolic OH excluding ortho intramolecular Hbond substituents is 1. The summed E-state index contributed by atoms with van der Waals surface area (Å²) in [7, 11) is 0. The summed E-state index contributed by atoms with van der Waals surface area (Å²) < 4.78 is 5.23. The molecular weight excluding hydrogens is 455 g/mol. The maximum Gasteiger partial charge on any atom is 0.293 e. The standard InChI is InChI=1S/C19H14Cl2N2O6S/c1-2-29-15-8-12(23(27)28)6-11(17(15)24)7-16-18(25)22(19(26)30-16)9-10-3-4-13(20)14(21)5-10/h3-8,24H,2,9H2,1H3/b16-7-. The molecule has 0 bridgehead atoms. The molecule has 2 aromatic rings. The van der Waals surface area contributed by atoms with Crippen molar-refractivity contribution in [3.8, 4) is 11.5 Å². The third-order valence-electron chi connectivity index (χ3n) is 4.08. The van der Waals surface area contributed by atoms with Gasteiger partial charge in [-0.25, -0.2) is 0 Å². The second-order valence-corrected chi connectivity index (χ2v) is 7.90. The Balaban J connectivity index is 1.93. The fourth-order valence-electron chi connectivity index (χ4n) is 2.69. The molecule has 0 spiro atoms. The second kappa shape index (κ2) is 8.95. The van der Waals surface area contributed by atoms with Gasteiger partial charge in [0.15, 0.2) is 11.5 Å². The summed E-state index contributed by atoms with van der Waals surface area (Å²) in [5, 5.41) is 21.7. The minimum atomic E-state index is -0.644. The van der Waals surface area contributed by atoms with Crippen LogP contribution >= 0.6 is 35.0 Å². The van der Waals surface area contributed by atoms with Crippen molar-refractivity contribution < 1.29 is 24.4 Å². The average Bonchev–Trinajstić information content (AvgIpc) is 2.95. The van der Waals surface area contributed by atoms with E-state index in [2.05, 4.69) is 0 Å². The number of ether oxygens (including phenoxy) is 1. The lowest BCUT2D eigenvalue weighted by Crippen LogP contribution is -2.27. The van der Waals surface area contributed by atoms with E-state index in [9.17, 15) is 24.8 Å². The molecule has 1 aliphatic heterocycles. The monoisotopic (exact) mass is 468 g/mol. The number of aromatic hydroxyl groups is 1. The summed E-state index contributed by atoms with van der Waals surface area (Å²) in [6, 6.07) is 6.95. The van der Waals surface area contributed by atoms with Crippen molar-refractivity contribution in [1.29, 1.82) is 0 Å². The molecule has 0 aliphatic carbocycles. The largest absolute Gasteiger partial charge is 0.504 e. The first-order chi connectivity index (χ1) is 14.2. The maximum atomic E-state index is 12.7. The van der Waals surface area contributed by atoms with Crippen LogP contribution in [-0.2, 0) is 11.3 Å². The minimum absolute atomic E-state index is 0.00677. The van der Waals surface area contributed by atoms with E-state index in [1.54, 1.807) is 25.1 Å². The molecular formula is C19H14Cl2N2O6S. The first kappa shape index (κ1) is 21.9. The summed E-state index contributed by atoms with van der Waals surface area (Å²) in [4.78, 5) is 36.6. The molecule has 11 heteroatoms. The molecule has 1 heterocycles. The number of non-ortho nitro benzene ring substituents is 1. The van der Waals surface area contributed by atoms with Crippen LogP contribution in [0.15, 0.2) is 35.2 Å². The SMILES string of the molecule is CCOc1cc([N+](=O)[O-])cc(/C=C2\SC(=O)N(Cc3ccc(Cl)c(Cl)c3)C2=O)c1O. The Morgan fingerprint density at radius 3 is 2.60 bits per heavy atom. The van der Waals surface area contributed by atoms with Crippen LogP contribution in [0.1, 0.15) is 18.1 Å². The van der Waals surface area contributed by atoms with E-state index in [1.807, 2.05) is 0 Å². The van der Waals surface area contributed by atoms with Crippen LogP contribution in [0.2, 0.25) is 10.0 Å². The van der Waals surface area contributed by atoms with Crippen molar-refractivity contribution in [3.05, 3.63) is 66.5 Å². The fourth-order valence-corrected chi connectivity index (χ4v) is 3.84. The number of carbonyl (C=O) groups is 2. The van der Waals surface area contributed by atoms with Gasteiger partial charge in [-0.2, -0.15) is 0 Å². The molecule has 8 nitrogen and oxygen atoms in total. The van der Waals surface area contributed by atoms with Crippen molar-refractivity contribution in [1.82, 2.24) is 4.90 Å². The topological polar surface area (TPSA) is 110 Å². The number of benzene rings is 2. The van der Waals surface area contributed by atoms with E-state index in [1.165, 1.54) is 6.08 Å². The number of nitro groups is 1. The molecule has 0 radical (unpaired) electrons. The van der Waals surface area contributed by atoms with Crippen LogP contribution in [0, 0.1) is 10.1 Å². The Labute approximate surface area is 185 Å². The molecule has 0 atom stereocenters. The summed E-state index contributed by atoms with van der Waals surface area (Å²) in [5.41, 5.74) is 0.273. The van der Waals surface area contributed by atoms with Gasteiger partial charge in [0, 0.05) is 11.6 Å². The Kier molecular flexibility index (Phi) is 6.55. The van der Waals surface area contributed by atoms with Crippen LogP contribution < -0.4 is 4.74 Å². The molecule has 1 aliphatic rings. The number of nitro benzene ring substituents is 1. The van der Waals surface area contributed by atoms with E-state index in [0.29, 0.717) is 27.4 Å². The quantitative estimate of drug-likeness (QED) is 0.350. The first-order valence-electron chi connectivity index (χ1n) is 8.54. The molecule has 2 aromatic carbocycles. The van der Waals surface area contributed by atoms with E-state index in [4.69, 9.17) is 27.9 Å². The number of nitrogens with zero attached hydrogens (tertiary/aromatic N) is 2. The van der Waals surface area contributed by atoms with E-state index in [0.717, 1.165) is 17.0 Å². The van der Waals surface area contributed by atoms with Crippen LogP contribution in [0.3, 0.4) is 0 Å². The number of hydrogen-bond acceptors (Lipinski definition) is 7. The van der Waals surface area contributed by atoms with Gasteiger partial charge in [0.1, 0.15) is 0 Å². The maximum absolute atomic E-state index is 12.7. The number of carbonyl (C=O) groups excluding carboxylic acids is 2. The number of thioether (sulfide) groups is 1. The highest BCUT2D eigenvalue weighted by Crippen LogP contribution is 2.39. The summed E-state index contributed by atoms with van der Waals surface area (Å²) in [6.45, 7) is 1.81. The third kappa shape index (κ3) is 4.53. The van der Waals surface area contributed by atoms with Gasteiger partial charge >= 0.3 is 0 Å². The molecule has 1 saturated heterocycles. The predicted molar refractivity (Wildman–Crippen MR) is 114 cm³/mol. The summed E-state index contributed by atoms with van der Waals surface area (Å²) >= 11 is 12.5. The van der Waals surface area contributed by atoms with Gasteiger partial charge in [0.2, 0.25) is 0 Å². The Morgan fingerprint density at radius 2 is 1.97 bits per heavy atom. The van der Waals surface area contributed by atoms with Gasteiger partial charge in [-0.3, -0.25) is 24.6 Å². The van der Waals surface area contributed by atoms with Crippen molar-refractivity contribution in [3.63, 3.8) is 0 Å². The summed E-state index contributed by atoms with van der Waals surface area (Å²) in [6.07, 6.45) is 1.23. The lowest BCUT2D eigenvalue weighted by atomic mass is 10.1. The van der Waals surface area contributed by atoms with Gasteiger partial charge in [-0.05, 0) is 42.5 Å². The van der Waals surface area contributed by atoms with E-state index in [-0.39, 0.29) is 40.8 Å². The molecule has 1 N–H and O–H groups in total. The number of imide groups is 1. The van der Waals surface area contributed by atoms with E-state index < -0.39 is 16.1 Å². The van der Waals surface area contributed by atoms with Crippen LogP contribution in [0.25, 0.3) is 6.08 Å². The van der Waals surface area contributed by atoms with Crippen LogP contribution in [0.4, 0.5) is 10.5 Å². The van der Waals surface area contributed by atoms with Crippen molar-refractivity contribution in [2.24, 2.45) is 0 Å². The second-order valence-electron chi connectivity index (χ2n) is 6.09. The zero-order chi connectivity index (χ0) is 22.0. The normalized spacial score (nSPS) is 15.2. The molecule has 3 rings (SSSR count). The smallest absolute Gasteiger partial charge is 0.293 e. The summed E-state index contributed by atoms with van der Waals surface area (Å²) in [5.74, 6) is -1.05. The number of halogens is 2. The zero-order valence-electron chi connectivity index (χ0n) is 15.4. The van der Waals surface area contributed by atoms with Crippen LogP contribution in [0.5, 0.6) is 11.5 Å². The van der Waals surface area contributed by atoms with Crippen LogP contribution in [-0.4, -0.2) is 32.7 Å². The first-order valence-corrected chi connectivity index (χ1v) is 10.1. The lowest BCUT2D eigenvalue weighted by Gasteiger charge is -2.13. The Morgan fingerprint density at radius 1 is 1.23 bits per heavy atom. The molecule has 2 amide bonds. The zero-order valence-corrected chi connectivity index (χ0v) is 17.8. The molecule has 1 fully saturated rings. The Hall–Kier alpha value is -2.75. The van der Waals surface area contributed by atoms with Gasteiger partial charge in [0.05, 0.1) is 39.1 Å². The average molecular weight is 469 g/mol. The molecule has 0 saturated carbocycles. The number of rotatable bonds is 6. The number of amides is 2. The van der Waals surface area contributed by atoms with Gasteiger partial charge in [-0.1, -0.05) is 29.3 Å². The van der Waals surface area contributed by atoms with Gasteiger partial charge in [-0.15, -0.1) is 0 Å². The highest BCUT2D eigenvalue weighted by atomic mass is 35.5. The van der Waals surface area contributed by atoms with Gasteiger partial charge in [0.25, 0.3) is 16.8 Å². The van der Waals surface area contributed by atoms with Crippen molar-refractivity contribution >= 4 is 57.9 Å². The molecule has 156 valence electrons. The molecule has 0 unspecified atom stereocenters. The minimum Gasteiger partial charge on any atom is -0.504 e. The van der Waals surface area contributed by atoms with Crippen molar-refractivity contribution in [2.75, 3.05) is 6.61 Å². The lowest BCUT2D eigenvalue weighted by molar-refractivity contribution is -0.385. The predicted octanol–water partition coefficient (Wildman–Crippen LogP) is 5.24.